The average molecular weight is 447 g/mol. The van der Waals surface area contributed by atoms with Gasteiger partial charge in [-0.05, 0) is 54.3 Å². The molecule has 0 radical (unpaired) electrons. The first kappa shape index (κ1) is 24.0. The molecule has 2 atom stereocenters. The van der Waals surface area contributed by atoms with Crippen LogP contribution < -0.4 is 10.1 Å². The van der Waals surface area contributed by atoms with E-state index in [-0.39, 0.29) is 30.9 Å². The van der Waals surface area contributed by atoms with Crippen molar-refractivity contribution in [1.29, 1.82) is 0 Å². The van der Waals surface area contributed by atoms with Gasteiger partial charge in [0.2, 0.25) is 0 Å². The smallest absolute Gasteiger partial charge is 0.410 e. The van der Waals surface area contributed by atoms with Crippen molar-refractivity contribution in [3.05, 3.63) is 65.5 Å². The van der Waals surface area contributed by atoms with E-state index in [2.05, 4.69) is 19.2 Å². The Morgan fingerprint density at radius 2 is 1.81 bits per heavy atom. The van der Waals surface area contributed by atoms with Gasteiger partial charge in [-0.3, -0.25) is 4.39 Å². The van der Waals surface area contributed by atoms with Crippen LogP contribution in [0.25, 0.3) is 0 Å². The van der Waals surface area contributed by atoms with Crippen LogP contribution in [0.5, 0.6) is 5.75 Å². The van der Waals surface area contributed by atoms with Crippen molar-refractivity contribution in [2.75, 3.05) is 26.4 Å². The van der Waals surface area contributed by atoms with E-state index in [1.54, 1.807) is 17.0 Å². The molecular weight excluding hydrogens is 414 g/mol. The minimum Gasteiger partial charge on any atom is -0.493 e. The molecule has 0 aliphatic carbocycles. The van der Waals surface area contributed by atoms with Gasteiger partial charge in [-0.25, -0.2) is 9.18 Å². The van der Waals surface area contributed by atoms with Gasteiger partial charge >= 0.3 is 6.09 Å². The normalized spacial score (nSPS) is 18.4. The van der Waals surface area contributed by atoms with E-state index in [4.69, 9.17) is 9.47 Å². The van der Waals surface area contributed by atoms with Crippen molar-refractivity contribution in [2.24, 2.45) is 11.8 Å². The summed E-state index contributed by atoms with van der Waals surface area (Å²) in [5.74, 6) is 0.555. The lowest BCUT2D eigenvalue weighted by Crippen LogP contribution is -2.52. The molecule has 1 saturated heterocycles. The van der Waals surface area contributed by atoms with Crippen molar-refractivity contribution < 1.29 is 23.0 Å². The maximum absolute atomic E-state index is 13.7. The van der Waals surface area contributed by atoms with Crippen LogP contribution in [-0.2, 0) is 17.9 Å². The molecule has 7 heteroatoms. The van der Waals surface area contributed by atoms with Crippen LogP contribution >= 0.6 is 0 Å². The van der Waals surface area contributed by atoms with Gasteiger partial charge in [0.05, 0.1) is 13.3 Å². The van der Waals surface area contributed by atoms with Crippen LogP contribution in [0, 0.1) is 17.7 Å². The lowest BCUT2D eigenvalue weighted by atomic mass is 9.93. The van der Waals surface area contributed by atoms with Gasteiger partial charge in [-0.15, -0.1) is 0 Å². The van der Waals surface area contributed by atoms with Crippen LogP contribution in [0.1, 0.15) is 31.4 Å². The molecule has 0 aromatic heterocycles. The summed E-state index contributed by atoms with van der Waals surface area (Å²) >= 11 is 0. The molecule has 2 aromatic carbocycles. The number of nitrogens with one attached hydrogen (secondary N) is 1. The maximum Gasteiger partial charge on any atom is 0.410 e. The predicted octanol–water partition coefficient (Wildman–Crippen LogP) is 4.95. The standard InChI is InChI=1S/C25H32F2N2O3/c1-18(2)16-31-23-9-5-20(6-10-23)17-32-25(30)29(15-19-3-7-22(27)8-4-19)24-11-12-28-14-21(24)13-26/h3-10,18,21,24,28H,11-17H2,1-2H3/t21-,24+/m0/s1. The fraction of sp³-hybridized carbons (Fsp3) is 0.480. The maximum atomic E-state index is 13.7. The third-order valence-corrected chi connectivity index (χ3v) is 5.54. The van der Waals surface area contributed by atoms with Gasteiger partial charge in [0.1, 0.15) is 18.2 Å². The Balaban J connectivity index is 1.66. The Hall–Kier alpha value is -2.67. The van der Waals surface area contributed by atoms with Gasteiger partial charge in [0.25, 0.3) is 0 Å². The first-order valence-corrected chi connectivity index (χ1v) is 11.1. The molecule has 1 aliphatic rings. The zero-order chi connectivity index (χ0) is 22.9. The van der Waals surface area contributed by atoms with Crippen molar-refractivity contribution in [1.82, 2.24) is 10.2 Å². The molecule has 2 aromatic rings. The van der Waals surface area contributed by atoms with Gasteiger partial charge in [-0.1, -0.05) is 38.1 Å². The molecular formula is C25H32F2N2O3. The highest BCUT2D eigenvalue weighted by molar-refractivity contribution is 5.68. The lowest BCUT2D eigenvalue weighted by Gasteiger charge is -2.38. The Bertz CT molecular complexity index is 843. The van der Waals surface area contributed by atoms with Crippen molar-refractivity contribution in [3.63, 3.8) is 0 Å². The van der Waals surface area contributed by atoms with Gasteiger partial charge in [-0.2, -0.15) is 0 Å². The van der Waals surface area contributed by atoms with E-state index >= 15 is 0 Å². The van der Waals surface area contributed by atoms with E-state index in [0.29, 0.717) is 32.0 Å². The zero-order valence-electron chi connectivity index (χ0n) is 18.7. The molecule has 0 saturated carbocycles. The fourth-order valence-corrected chi connectivity index (χ4v) is 3.75. The minimum atomic E-state index is -0.525. The highest BCUT2D eigenvalue weighted by Gasteiger charge is 2.34. The van der Waals surface area contributed by atoms with Crippen molar-refractivity contribution in [3.8, 4) is 5.75 Å². The lowest BCUT2D eigenvalue weighted by molar-refractivity contribution is 0.0492. The molecule has 5 nitrogen and oxygen atoms in total. The van der Waals surface area contributed by atoms with Gasteiger partial charge in [0.15, 0.2) is 0 Å². The molecule has 1 N–H and O–H groups in total. The number of halogens is 2. The van der Waals surface area contributed by atoms with Crippen LogP contribution in [0.15, 0.2) is 48.5 Å². The molecule has 0 unspecified atom stereocenters. The summed E-state index contributed by atoms with van der Waals surface area (Å²) in [6.07, 6.45) is 0.132. The quantitative estimate of drug-likeness (QED) is 0.592. The molecule has 32 heavy (non-hydrogen) atoms. The van der Waals surface area contributed by atoms with E-state index in [0.717, 1.165) is 16.9 Å². The summed E-state index contributed by atoms with van der Waals surface area (Å²) in [6, 6.07) is 13.1. The molecule has 1 aliphatic heterocycles. The van der Waals surface area contributed by atoms with Crippen molar-refractivity contribution in [2.45, 2.75) is 39.5 Å². The molecule has 3 rings (SSSR count). The van der Waals surface area contributed by atoms with E-state index in [1.165, 1.54) is 12.1 Å². The largest absolute Gasteiger partial charge is 0.493 e. The summed E-state index contributed by atoms with van der Waals surface area (Å²) in [5, 5.41) is 3.18. The van der Waals surface area contributed by atoms with Gasteiger partial charge < -0.3 is 19.7 Å². The van der Waals surface area contributed by atoms with E-state index in [9.17, 15) is 13.6 Å². The third kappa shape index (κ3) is 6.92. The van der Waals surface area contributed by atoms with Crippen molar-refractivity contribution >= 4 is 6.09 Å². The Morgan fingerprint density at radius 1 is 1.12 bits per heavy atom. The van der Waals surface area contributed by atoms with E-state index < -0.39 is 12.8 Å². The van der Waals surface area contributed by atoms with Gasteiger partial charge in [0, 0.05) is 25.0 Å². The second kappa shape index (κ2) is 11.8. The third-order valence-electron chi connectivity index (χ3n) is 5.54. The number of piperidine rings is 1. The molecule has 1 fully saturated rings. The Morgan fingerprint density at radius 3 is 2.47 bits per heavy atom. The van der Waals surface area contributed by atoms with Crippen LogP contribution in [0.3, 0.4) is 0 Å². The highest BCUT2D eigenvalue weighted by Crippen LogP contribution is 2.23. The summed E-state index contributed by atoms with van der Waals surface area (Å²) in [7, 11) is 0. The summed E-state index contributed by atoms with van der Waals surface area (Å²) in [6.45, 7) is 5.83. The first-order valence-electron chi connectivity index (χ1n) is 11.1. The number of benzene rings is 2. The number of nitrogens with zero attached hydrogens (tertiary/aromatic N) is 1. The topological polar surface area (TPSA) is 50.8 Å². The highest BCUT2D eigenvalue weighted by atomic mass is 19.1. The second-order valence-corrected chi connectivity index (χ2v) is 8.63. The van der Waals surface area contributed by atoms with Crippen LogP contribution in [0.2, 0.25) is 0 Å². The molecule has 174 valence electrons. The number of carbonyl (C=O) groups excluding carboxylic acids is 1. The molecule has 0 bridgehead atoms. The molecule has 1 amide bonds. The Kier molecular flexibility index (Phi) is 8.85. The molecule has 0 spiro atoms. The molecule has 1 heterocycles. The second-order valence-electron chi connectivity index (χ2n) is 8.63. The SMILES string of the molecule is CC(C)COc1ccc(COC(=O)N(Cc2ccc(F)cc2)[C@@H]2CCNC[C@@H]2CF)cc1. The average Bonchev–Trinajstić information content (AvgIpc) is 2.81. The number of carbonyl (C=O) groups is 1. The predicted molar refractivity (Wildman–Crippen MR) is 120 cm³/mol. The van der Waals surface area contributed by atoms with E-state index in [1.807, 2.05) is 24.3 Å². The first-order chi connectivity index (χ1) is 15.5. The van der Waals surface area contributed by atoms with Crippen LogP contribution in [-0.4, -0.2) is 43.4 Å². The number of amides is 1. The number of ether oxygens (including phenoxy) is 2. The number of hydrogen-bond acceptors (Lipinski definition) is 4. The fourth-order valence-electron chi connectivity index (χ4n) is 3.75. The number of alkyl halides is 1. The monoisotopic (exact) mass is 446 g/mol. The summed E-state index contributed by atoms with van der Waals surface area (Å²) in [4.78, 5) is 14.6. The number of hydrogen-bond donors (Lipinski definition) is 1. The summed E-state index contributed by atoms with van der Waals surface area (Å²) in [5.41, 5.74) is 1.61. The summed E-state index contributed by atoms with van der Waals surface area (Å²) < 4.78 is 38.3. The number of rotatable bonds is 9. The Labute approximate surface area is 188 Å². The minimum absolute atomic E-state index is 0.106. The zero-order valence-corrected chi connectivity index (χ0v) is 18.7. The van der Waals surface area contributed by atoms with Crippen LogP contribution in [0.4, 0.5) is 13.6 Å².